The van der Waals surface area contributed by atoms with E-state index in [2.05, 4.69) is 46.8 Å². The van der Waals surface area contributed by atoms with Crippen LogP contribution in [-0.2, 0) is 16.8 Å². The van der Waals surface area contributed by atoms with Gasteiger partial charge in [0, 0.05) is 43.9 Å². The second-order valence-electron chi connectivity index (χ2n) is 6.96. The summed E-state index contributed by atoms with van der Waals surface area (Å²) in [6.45, 7) is 7.87. The Morgan fingerprint density at radius 2 is 2.21 bits per heavy atom. The third-order valence-electron chi connectivity index (χ3n) is 3.92. The molecule has 2 rings (SSSR count). The number of halogens is 1. The molecule has 1 aromatic heterocycles. The van der Waals surface area contributed by atoms with Gasteiger partial charge in [-0.3, -0.25) is 9.79 Å². The van der Waals surface area contributed by atoms with Gasteiger partial charge in [0.05, 0.1) is 12.2 Å². The fourth-order valence-corrected chi connectivity index (χ4v) is 3.37. The highest BCUT2D eigenvalue weighted by molar-refractivity contribution is 14.0. The number of guanidine groups is 1. The molecule has 0 spiro atoms. The molecule has 0 saturated carbocycles. The van der Waals surface area contributed by atoms with E-state index in [0.29, 0.717) is 19.5 Å². The van der Waals surface area contributed by atoms with Gasteiger partial charge in [-0.15, -0.1) is 35.3 Å². The van der Waals surface area contributed by atoms with Gasteiger partial charge in [-0.1, -0.05) is 20.8 Å². The molecule has 1 aliphatic rings. The molecular weight excluding hydrogens is 437 g/mol. The van der Waals surface area contributed by atoms with Crippen molar-refractivity contribution >= 4 is 47.2 Å². The van der Waals surface area contributed by atoms with Crippen LogP contribution in [0.1, 0.15) is 44.3 Å². The number of likely N-dealkylation sites (N-methyl/N-ethyl adjacent to an activating group) is 1. The smallest absolute Gasteiger partial charge is 0.222 e. The van der Waals surface area contributed by atoms with Gasteiger partial charge in [0.2, 0.25) is 5.91 Å². The molecule has 0 radical (unpaired) electrons. The first-order chi connectivity index (χ1) is 10.8. The lowest BCUT2D eigenvalue weighted by Gasteiger charge is -2.31. The van der Waals surface area contributed by atoms with Crippen LogP contribution >= 0.6 is 35.3 Å². The van der Waals surface area contributed by atoms with E-state index in [1.54, 1.807) is 23.3 Å². The lowest BCUT2D eigenvalue weighted by atomic mass is 9.93. The lowest BCUT2D eigenvalue weighted by Crippen LogP contribution is -2.51. The average molecular weight is 465 g/mol. The SMILES string of the molecule is CN=C(NCc1nc(C(C)(C)C)cs1)NC1CCC(=O)N(C)C1.I. The molecule has 1 aromatic rings. The van der Waals surface area contributed by atoms with E-state index in [9.17, 15) is 4.79 Å². The molecule has 2 heterocycles. The number of piperidine rings is 1. The number of likely N-dealkylation sites (tertiary alicyclic amines) is 1. The van der Waals surface area contributed by atoms with Crippen molar-refractivity contribution in [3.05, 3.63) is 16.1 Å². The van der Waals surface area contributed by atoms with E-state index >= 15 is 0 Å². The summed E-state index contributed by atoms with van der Waals surface area (Å²) in [7, 11) is 3.60. The van der Waals surface area contributed by atoms with Gasteiger partial charge in [0.1, 0.15) is 5.01 Å². The number of thiazole rings is 1. The second kappa shape index (κ2) is 8.98. The molecule has 0 bridgehead atoms. The topological polar surface area (TPSA) is 69.6 Å². The predicted octanol–water partition coefficient (Wildman–Crippen LogP) is 2.34. The van der Waals surface area contributed by atoms with Crippen LogP contribution in [0.5, 0.6) is 0 Å². The number of aliphatic imine (C=N–C) groups is 1. The maximum absolute atomic E-state index is 11.5. The Hall–Kier alpha value is -0.900. The lowest BCUT2D eigenvalue weighted by molar-refractivity contribution is -0.132. The highest BCUT2D eigenvalue weighted by Crippen LogP contribution is 2.23. The van der Waals surface area contributed by atoms with Crippen LogP contribution in [0, 0.1) is 0 Å². The number of nitrogens with zero attached hydrogens (tertiary/aromatic N) is 3. The Labute approximate surface area is 165 Å². The number of hydrogen-bond donors (Lipinski definition) is 2. The molecule has 1 saturated heterocycles. The zero-order valence-corrected chi connectivity index (χ0v) is 18.2. The highest BCUT2D eigenvalue weighted by Gasteiger charge is 2.23. The molecule has 0 aliphatic carbocycles. The van der Waals surface area contributed by atoms with E-state index in [0.717, 1.165) is 23.1 Å². The summed E-state index contributed by atoms with van der Waals surface area (Å²) in [5.41, 5.74) is 1.20. The van der Waals surface area contributed by atoms with Gasteiger partial charge in [-0.2, -0.15) is 0 Å². The first-order valence-corrected chi connectivity index (χ1v) is 8.83. The molecular formula is C16H28IN5OS. The third-order valence-corrected chi connectivity index (χ3v) is 4.77. The zero-order valence-electron chi connectivity index (χ0n) is 15.0. The summed E-state index contributed by atoms with van der Waals surface area (Å²) < 4.78 is 0. The molecule has 1 unspecified atom stereocenters. The van der Waals surface area contributed by atoms with Crippen molar-refractivity contribution < 1.29 is 4.79 Å². The molecule has 1 atom stereocenters. The van der Waals surface area contributed by atoms with E-state index in [-0.39, 0.29) is 41.3 Å². The second-order valence-corrected chi connectivity index (χ2v) is 7.90. The van der Waals surface area contributed by atoms with E-state index in [1.165, 1.54) is 0 Å². The summed E-state index contributed by atoms with van der Waals surface area (Å²) in [6.07, 6.45) is 1.43. The number of rotatable bonds is 3. The number of aromatic nitrogens is 1. The van der Waals surface area contributed by atoms with Crippen LogP contribution in [0.25, 0.3) is 0 Å². The minimum atomic E-state index is 0. The largest absolute Gasteiger partial charge is 0.352 e. The first kappa shape index (κ1) is 21.1. The van der Waals surface area contributed by atoms with Crippen molar-refractivity contribution in [3.8, 4) is 0 Å². The molecule has 1 amide bonds. The van der Waals surface area contributed by atoms with Crippen molar-refractivity contribution in [2.24, 2.45) is 4.99 Å². The van der Waals surface area contributed by atoms with Crippen LogP contribution in [-0.4, -0.2) is 48.4 Å². The predicted molar refractivity (Wildman–Crippen MR) is 110 cm³/mol. The number of carbonyl (C=O) groups is 1. The number of hydrogen-bond acceptors (Lipinski definition) is 4. The summed E-state index contributed by atoms with van der Waals surface area (Å²) in [5, 5.41) is 9.86. The average Bonchev–Trinajstić information content (AvgIpc) is 2.96. The van der Waals surface area contributed by atoms with Crippen molar-refractivity contribution in [1.29, 1.82) is 0 Å². The summed E-state index contributed by atoms with van der Waals surface area (Å²) >= 11 is 1.67. The van der Waals surface area contributed by atoms with Crippen molar-refractivity contribution in [1.82, 2.24) is 20.5 Å². The molecule has 0 aromatic carbocycles. The summed E-state index contributed by atoms with van der Waals surface area (Å²) in [4.78, 5) is 22.2. The summed E-state index contributed by atoms with van der Waals surface area (Å²) in [5.74, 6) is 0.966. The molecule has 6 nitrogen and oxygen atoms in total. The van der Waals surface area contributed by atoms with Crippen LogP contribution in [0.3, 0.4) is 0 Å². The Bertz CT molecular complexity index is 581. The van der Waals surface area contributed by atoms with E-state index < -0.39 is 0 Å². The number of nitrogens with one attached hydrogen (secondary N) is 2. The Morgan fingerprint density at radius 3 is 2.75 bits per heavy atom. The first-order valence-electron chi connectivity index (χ1n) is 7.95. The van der Waals surface area contributed by atoms with Gasteiger partial charge in [-0.05, 0) is 6.42 Å². The Balaban J connectivity index is 0.00000288. The van der Waals surface area contributed by atoms with E-state index in [4.69, 9.17) is 0 Å². The van der Waals surface area contributed by atoms with E-state index in [1.807, 2.05) is 7.05 Å². The molecule has 8 heteroatoms. The summed E-state index contributed by atoms with van der Waals surface area (Å²) in [6, 6.07) is 0.241. The van der Waals surface area contributed by atoms with Gasteiger partial charge >= 0.3 is 0 Å². The third kappa shape index (κ3) is 5.87. The van der Waals surface area contributed by atoms with Crippen molar-refractivity contribution in [3.63, 3.8) is 0 Å². The van der Waals surface area contributed by atoms with Crippen molar-refractivity contribution in [2.75, 3.05) is 20.6 Å². The molecule has 1 aliphatic heterocycles. The van der Waals surface area contributed by atoms with Gasteiger partial charge in [0.15, 0.2) is 5.96 Å². The minimum absolute atomic E-state index is 0. The maximum atomic E-state index is 11.5. The molecule has 24 heavy (non-hydrogen) atoms. The standard InChI is InChI=1S/C16H27N5OS.HI/c1-16(2,3)12-10-23-13(20-12)8-18-15(17-4)19-11-6-7-14(22)21(5)9-11;/h10-11H,6-9H2,1-5H3,(H2,17,18,19);1H. The maximum Gasteiger partial charge on any atom is 0.222 e. The van der Waals surface area contributed by atoms with Gasteiger partial charge in [-0.25, -0.2) is 4.98 Å². The van der Waals surface area contributed by atoms with Gasteiger partial charge < -0.3 is 15.5 Å². The van der Waals surface area contributed by atoms with Crippen LogP contribution in [0.2, 0.25) is 0 Å². The number of amides is 1. The zero-order chi connectivity index (χ0) is 17.0. The fraction of sp³-hybridized carbons (Fsp3) is 0.688. The van der Waals surface area contributed by atoms with Crippen LogP contribution in [0.4, 0.5) is 0 Å². The van der Waals surface area contributed by atoms with Crippen molar-refractivity contribution in [2.45, 2.75) is 51.6 Å². The number of carbonyl (C=O) groups excluding carboxylic acids is 1. The Kier molecular flexibility index (Phi) is 7.91. The Morgan fingerprint density at radius 1 is 1.50 bits per heavy atom. The normalized spacial score (nSPS) is 19.0. The molecule has 2 N–H and O–H groups in total. The highest BCUT2D eigenvalue weighted by atomic mass is 127. The quantitative estimate of drug-likeness (QED) is 0.409. The molecule has 1 fully saturated rings. The van der Waals surface area contributed by atoms with Crippen LogP contribution < -0.4 is 10.6 Å². The van der Waals surface area contributed by atoms with Crippen LogP contribution in [0.15, 0.2) is 10.4 Å². The fourth-order valence-electron chi connectivity index (χ4n) is 2.41. The minimum Gasteiger partial charge on any atom is -0.352 e. The molecule has 136 valence electrons. The van der Waals surface area contributed by atoms with Gasteiger partial charge in [0.25, 0.3) is 0 Å². The monoisotopic (exact) mass is 465 g/mol.